The first kappa shape index (κ1) is 12.5. The zero-order valence-corrected chi connectivity index (χ0v) is 9.62. The van der Waals surface area contributed by atoms with E-state index < -0.39 is 11.4 Å². The largest absolute Gasteiger partial charge is 0.349 e. The van der Waals surface area contributed by atoms with Gasteiger partial charge < -0.3 is 10.6 Å². The topological polar surface area (TPSA) is 58.2 Å². The van der Waals surface area contributed by atoms with Gasteiger partial charge >= 0.3 is 0 Å². The van der Waals surface area contributed by atoms with Crippen LogP contribution in [0.1, 0.15) is 12.5 Å². The molecule has 0 aromatic heterocycles. The van der Waals surface area contributed by atoms with Crippen LogP contribution in [0, 0.1) is 0 Å². The van der Waals surface area contributed by atoms with Crippen molar-refractivity contribution in [1.29, 1.82) is 0 Å². The molecule has 0 saturated carbocycles. The summed E-state index contributed by atoms with van der Waals surface area (Å²) in [6, 6.07) is 9.44. The van der Waals surface area contributed by atoms with Crippen LogP contribution in [0.15, 0.2) is 30.3 Å². The molecular formula is C11H13ClN2O2. The van der Waals surface area contributed by atoms with Gasteiger partial charge in [-0.3, -0.25) is 9.59 Å². The van der Waals surface area contributed by atoms with Crippen molar-refractivity contribution in [3.05, 3.63) is 35.9 Å². The highest BCUT2D eigenvalue weighted by atomic mass is 35.5. The second kappa shape index (κ2) is 6.12. The maximum absolute atomic E-state index is 11.4. The summed E-state index contributed by atoms with van der Waals surface area (Å²) in [5.41, 5.74) is -0.0521. The average Bonchev–Trinajstić information content (AvgIpc) is 2.26. The number of benzene rings is 1. The number of rotatable bonds is 4. The SMILES string of the molecule is CC(=O)NC(Cl)C(=O)NCc1ccccc1. The van der Waals surface area contributed by atoms with Crippen LogP contribution < -0.4 is 10.6 Å². The number of hydrogen-bond donors (Lipinski definition) is 2. The number of carbonyl (C=O) groups is 2. The first-order valence-electron chi connectivity index (χ1n) is 4.82. The molecule has 0 fully saturated rings. The molecule has 2 amide bonds. The molecule has 16 heavy (non-hydrogen) atoms. The van der Waals surface area contributed by atoms with Crippen LogP contribution in [0.2, 0.25) is 0 Å². The van der Waals surface area contributed by atoms with Crippen molar-refractivity contribution < 1.29 is 9.59 Å². The molecule has 1 aromatic carbocycles. The second-order valence-electron chi connectivity index (χ2n) is 3.27. The van der Waals surface area contributed by atoms with E-state index in [0.717, 1.165) is 5.56 Å². The number of amides is 2. The molecule has 1 rings (SSSR count). The predicted octanol–water partition coefficient (Wildman–Crippen LogP) is 1.00. The summed E-state index contributed by atoms with van der Waals surface area (Å²) >= 11 is 5.65. The molecule has 0 bridgehead atoms. The molecule has 0 heterocycles. The number of carbonyl (C=O) groups excluding carboxylic acids is 2. The van der Waals surface area contributed by atoms with Gasteiger partial charge in [0.1, 0.15) is 0 Å². The molecule has 1 atom stereocenters. The lowest BCUT2D eigenvalue weighted by atomic mass is 10.2. The lowest BCUT2D eigenvalue weighted by Crippen LogP contribution is -2.42. The van der Waals surface area contributed by atoms with Crippen molar-refractivity contribution in [2.45, 2.75) is 19.0 Å². The van der Waals surface area contributed by atoms with E-state index in [1.807, 2.05) is 30.3 Å². The van der Waals surface area contributed by atoms with Gasteiger partial charge in [0.15, 0.2) is 5.50 Å². The highest BCUT2D eigenvalue weighted by molar-refractivity contribution is 6.31. The number of hydrogen-bond acceptors (Lipinski definition) is 2. The minimum absolute atomic E-state index is 0.338. The van der Waals surface area contributed by atoms with Gasteiger partial charge in [0.25, 0.3) is 5.91 Å². The Labute approximate surface area is 99.0 Å². The van der Waals surface area contributed by atoms with E-state index in [4.69, 9.17) is 11.6 Å². The van der Waals surface area contributed by atoms with Gasteiger partial charge in [-0.15, -0.1) is 0 Å². The third-order valence-corrected chi connectivity index (χ3v) is 2.18. The Balaban J connectivity index is 2.38. The Morgan fingerprint density at radius 1 is 1.31 bits per heavy atom. The number of alkyl halides is 1. The normalized spacial score (nSPS) is 11.6. The zero-order chi connectivity index (χ0) is 12.0. The summed E-state index contributed by atoms with van der Waals surface area (Å²) in [5, 5.41) is 4.91. The van der Waals surface area contributed by atoms with E-state index in [9.17, 15) is 9.59 Å². The van der Waals surface area contributed by atoms with Crippen LogP contribution in [0.5, 0.6) is 0 Å². The predicted molar refractivity (Wildman–Crippen MR) is 61.7 cm³/mol. The molecular weight excluding hydrogens is 228 g/mol. The third kappa shape index (κ3) is 4.31. The Morgan fingerprint density at radius 3 is 2.50 bits per heavy atom. The van der Waals surface area contributed by atoms with Crippen LogP contribution in [-0.2, 0) is 16.1 Å². The first-order valence-corrected chi connectivity index (χ1v) is 5.26. The molecule has 0 radical (unpaired) electrons. The van der Waals surface area contributed by atoms with Gasteiger partial charge in [0.2, 0.25) is 5.91 Å². The number of halogens is 1. The van der Waals surface area contributed by atoms with Crippen LogP contribution in [0.4, 0.5) is 0 Å². The fourth-order valence-electron chi connectivity index (χ4n) is 1.12. The second-order valence-corrected chi connectivity index (χ2v) is 3.70. The van der Waals surface area contributed by atoms with E-state index in [1.165, 1.54) is 6.92 Å². The minimum Gasteiger partial charge on any atom is -0.349 e. The van der Waals surface area contributed by atoms with E-state index in [2.05, 4.69) is 10.6 Å². The smallest absolute Gasteiger partial charge is 0.258 e. The maximum Gasteiger partial charge on any atom is 0.258 e. The summed E-state index contributed by atoms with van der Waals surface area (Å²) in [6.07, 6.45) is 0. The Morgan fingerprint density at radius 2 is 1.94 bits per heavy atom. The van der Waals surface area contributed by atoms with Crippen LogP contribution in [0.25, 0.3) is 0 Å². The van der Waals surface area contributed by atoms with Crippen molar-refractivity contribution in [1.82, 2.24) is 10.6 Å². The third-order valence-electron chi connectivity index (χ3n) is 1.87. The van der Waals surface area contributed by atoms with Crippen LogP contribution in [0.3, 0.4) is 0 Å². The van der Waals surface area contributed by atoms with E-state index in [-0.39, 0.29) is 5.91 Å². The summed E-state index contributed by atoms with van der Waals surface area (Å²) in [5.74, 6) is -0.754. The summed E-state index contributed by atoms with van der Waals surface area (Å²) in [6.45, 7) is 1.70. The molecule has 86 valence electrons. The Hall–Kier alpha value is -1.55. The highest BCUT2D eigenvalue weighted by Crippen LogP contribution is 1.98. The summed E-state index contributed by atoms with van der Waals surface area (Å²) in [4.78, 5) is 22.1. The van der Waals surface area contributed by atoms with Crippen molar-refractivity contribution in [3.8, 4) is 0 Å². The zero-order valence-electron chi connectivity index (χ0n) is 8.87. The molecule has 4 nitrogen and oxygen atoms in total. The molecule has 0 aliphatic carbocycles. The average molecular weight is 241 g/mol. The van der Waals surface area contributed by atoms with Gasteiger partial charge in [0.05, 0.1) is 0 Å². The van der Waals surface area contributed by atoms with Gasteiger partial charge in [-0.2, -0.15) is 0 Å². The minimum atomic E-state index is -1.03. The van der Waals surface area contributed by atoms with Crippen LogP contribution >= 0.6 is 11.6 Å². The van der Waals surface area contributed by atoms with E-state index in [0.29, 0.717) is 6.54 Å². The Kier molecular flexibility index (Phi) is 4.79. The van der Waals surface area contributed by atoms with Crippen molar-refractivity contribution in [2.24, 2.45) is 0 Å². The van der Waals surface area contributed by atoms with Crippen LogP contribution in [-0.4, -0.2) is 17.3 Å². The molecule has 1 unspecified atom stereocenters. The van der Waals surface area contributed by atoms with Crippen molar-refractivity contribution in [3.63, 3.8) is 0 Å². The fourth-order valence-corrected chi connectivity index (χ4v) is 1.35. The highest BCUT2D eigenvalue weighted by Gasteiger charge is 2.14. The lowest BCUT2D eigenvalue weighted by Gasteiger charge is -2.10. The first-order chi connectivity index (χ1) is 7.59. The fraction of sp³-hybridized carbons (Fsp3) is 0.273. The van der Waals surface area contributed by atoms with Gasteiger partial charge in [-0.1, -0.05) is 41.9 Å². The van der Waals surface area contributed by atoms with E-state index >= 15 is 0 Å². The Bertz CT molecular complexity index is 368. The molecule has 1 aromatic rings. The lowest BCUT2D eigenvalue weighted by molar-refractivity contribution is -0.126. The summed E-state index contributed by atoms with van der Waals surface area (Å²) in [7, 11) is 0. The molecule has 5 heteroatoms. The molecule has 2 N–H and O–H groups in total. The number of nitrogens with one attached hydrogen (secondary N) is 2. The summed E-state index contributed by atoms with van der Waals surface area (Å²) < 4.78 is 0. The molecule has 0 saturated heterocycles. The molecule has 0 aliphatic heterocycles. The maximum atomic E-state index is 11.4. The van der Waals surface area contributed by atoms with Gasteiger partial charge in [0, 0.05) is 13.5 Å². The quantitative estimate of drug-likeness (QED) is 0.610. The van der Waals surface area contributed by atoms with Gasteiger partial charge in [-0.25, -0.2) is 0 Å². The van der Waals surface area contributed by atoms with E-state index in [1.54, 1.807) is 0 Å². The monoisotopic (exact) mass is 240 g/mol. The van der Waals surface area contributed by atoms with Crippen molar-refractivity contribution >= 4 is 23.4 Å². The standard InChI is InChI=1S/C11H13ClN2O2/c1-8(15)14-10(12)11(16)13-7-9-5-3-2-4-6-9/h2-6,10H,7H2,1H3,(H,13,16)(H,14,15). The van der Waals surface area contributed by atoms with Crippen molar-refractivity contribution in [2.75, 3.05) is 0 Å². The van der Waals surface area contributed by atoms with Gasteiger partial charge in [-0.05, 0) is 5.56 Å². The molecule has 0 spiro atoms. The molecule has 0 aliphatic rings.